The van der Waals surface area contributed by atoms with Crippen molar-refractivity contribution in [1.29, 1.82) is 0 Å². The topological polar surface area (TPSA) is 29.5 Å². The maximum absolute atomic E-state index is 11.1. The van der Waals surface area contributed by atoms with Gasteiger partial charge in [-0.3, -0.25) is 4.79 Å². The molecule has 0 aliphatic carbocycles. The van der Waals surface area contributed by atoms with E-state index in [1.165, 1.54) is 0 Å². The van der Waals surface area contributed by atoms with E-state index >= 15 is 0 Å². The highest BCUT2D eigenvalue weighted by Gasteiger charge is 2.27. The molecule has 0 aromatic carbocycles. The molecule has 0 aromatic heterocycles. The van der Waals surface area contributed by atoms with Gasteiger partial charge < -0.3 is 9.64 Å². The zero-order chi connectivity index (χ0) is 8.43. The van der Waals surface area contributed by atoms with E-state index in [2.05, 4.69) is 20.8 Å². The lowest BCUT2D eigenvalue weighted by molar-refractivity contribution is -0.129. The molecule has 0 N–H and O–H groups in total. The molecule has 1 rings (SSSR count). The Labute approximate surface area is 67.3 Å². The number of carbonyl (C=O) groups is 1. The number of hydrogen-bond donors (Lipinski definition) is 0. The molecule has 0 saturated carbocycles. The second-order valence-electron chi connectivity index (χ2n) is 3.33. The summed E-state index contributed by atoms with van der Waals surface area (Å²) >= 11 is 0. The Bertz CT molecular complexity index is 156. The lowest BCUT2D eigenvalue weighted by atomic mass is 10.1. The zero-order valence-corrected chi connectivity index (χ0v) is 7.33. The predicted octanol–water partition coefficient (Wildman–Crippen LogP) is 0.847. The van der Waals surface area contributed by atoms with Gasteiger partial charge in [0.15, 0.2) is 0 Å². The number of hydrogen-bond acceptors (Lipinski definition) is 2. The normalized spacial score (nSPS) is 21.5. The van der Waals surface area contributed by atoms with Crippen molar-refractivity contribution >= 4 is 5.91 Å². The minimum atomic E-state index is 0.117. The first kappa shape index (κ1) is 8.53. The molecule has 1 amide bonds. The Kier molecular flexibility index (Phi) is 2.49. The van der Waals surface area contributed by atoms with Gasteiger partial charge in [0.05, 0.1) is 0 Å². The van der Waals surface area contributed by atoms with Gasteiger partial charge in [-0.1, -0.05) is 13.8 Å². The molecular formula is C8H15NO2. The quantitative estimate of drug-likeness (QED) is 0.594. The molecule has 1 unspecified atom stereocenters. The molecular weight excluding hydrogens is 142 g/mol. The van der Waals surface area contributed by atoms with Crippen LogP contribution in [-0.2, 0) is 9.53 Å². The van der Waals surface area contributed by atoms with Crippen molar-refractivity contribution in [1.82, 2.24) is 4.90 Å². The molecule has 11 heavy (non-hydrogen) atoms. The van der Waals surface area contributed by atoms with Crippen LogP contribution in [0.1, 0.15) is 20.8 Å². The maximum atomic E-state index is 11.1. The number of rotatable bonds is 2. The highest BCUT2D eigenvalue weighted by Crippen LogP contribution is 2.13. The number of amides is 1. The average Bonchev–Trinajstić information content (AvgIpc) is 2.33. The summed E-state index contributed by atoms with van der Waals surface area (Å²) in [6.45, 7) is 7.00. The van der Waals surface area contributed by atoms with Gasteiger partial charge in [-0.05, 0) is 12.8 Å². The highest BCUT2D eigenvalue weighted by molar-refractivity contribution is 5.78. The summed E-state index contributed by atoms with van der Waals surface area (Å²) in [5.74, 6) is 0.617. The Morgan fingerprint density at radius 2 is 2.09 bits per heavy atom. The summed E-state index contributed by atoms with van der Waals surface area (Å²) in [5, 5.41) is 0. The molecule has 0 spiro atoms. The average molecular weight is 157 g/mol. The molecule has 1 aliphatic rings. The molecule has 0 radical (unpaired) electrons. The number of ether oxygens (including phenoxy) is 1. The van der Waals surface area contributed by atoms with Crippen molar-refractivity contribution < 1.29 is 9.53 Å². The lowest BCUT2D eigenvalue weighted by Gasteiger charge is -2.25. The third-order valence-corrected chi connectivity index (χ3v) is 2.23. The van der Waals surface area contributed by atoms with Crippen molar-refractivity contribution in [3.63, 3.8) is 0 Å². The summed E-state index contributed by atoms with van der Waals surface area (Å²) in [6, 6.07) is 0.296. The Morgan fingerprint density at radius 3 is 2.45 bits per heavy atom. The van der Waals surface area contributed by atoms with Crippen molar-refractivity contribution in [3.05, 3.63) is 0 Å². The minimum absolute atomic E-state index is 0.117. The molecule has 0 aromatic rings. The van der Waals surface area contributed by atoms with Crippen LogP contribution in [0.15, 0.2) is 0 Å². The van der Waals surface area contributed by atoms with Crippen LogP contribution in [0.4, 0.5) is 0 Å². The van der Waals surface area contributed by atoms with Crippen LogP contribution >= 0.6 is 0 Å². The lowest BCUT2D eigenvalue weighted by Crippen LogP contribution is -2.38. The fourth-order valence-corrected chi connectivity index (χ4v) is 1.09. The van der Waals surface area contributed by atoms with Gasteiger partial charge in [-0.15, -0.1) is 0 Å². The zero-order valence-electron chi connectivity index (χ0n) is 7.33. The van der Waals surface area contributed by atoms with Gasteiger partial charge in [0.2, 0.25) is 0 Å². The SMILES string of the molecule is CC(C)C(C)N1COCC1=O. The van der Waals surface area contributed by atoms with Gasteiger partial charge in [-0.2, -0.15) is 0 Å². The van der Waals surface area contributed by atoms with E-state index < -0.39 is 0 Å². The molecule has 1 aliphatic heterocycles. The first-order chi connectivity index (χ1) is 5.13. The van der Waals surface area contributed by atoms with Gasteiger partial charge in [-0.25, -0.2) is 0 Å². The summed E-state index contributed by atoms with van der Waals surface area (Å²) in [4.78, 5) is 12.9. The van der Waals surface area contributed by atoms with Crippen LogP contribution in [0.3, 0.4) is 0 Å². The van der Waals surface area contributed by atoms with Crippen LogP contribution < -0.4 is 0 Å². The van der Waals surface area contributed by atoms with Crippen molar-refractivity contribution in [2.24, 2.45) is 5.92 Å². The summed E-state index contributed by atoms with van der Waals surface area (Å²) in [7, 11) is 0. The van der Waals surface area contributed by atoms with Crippen molar-refractivity contribution in [3.8, 4) is 0 Å². The van der Waals surface area contributed by atoms with E-state index in [0.29, 0.717) is 18.7 Å². The van der Waals surface area contributed by atoms with Gasteiger partial charge >= 0.3 is 0 Å². The van der Waals surface area contributed by atoms with Crippen LogP contribution in [0.5, 0.6) is 0 Å². The highest BCUT2D eigenvalue weighted by atomic mass is 16.5. The standard InChI is InChI=1S/C8H15NO2/c1-6(2)7(3)9-5-11-4-8(9)10/h6-7H,4-5H2,1-3H3. The third-order valence-electron chi connectivity index (χ3n) is 2.23. The first-order valence-corrected chi connectivity index (χ1v) is 4.00. The second-order valence-corrected chi connectivity index (χ2v) is 3.33. The minimum Gasteiger partial charge on any atom is -0.351 e. The van der Waals surface area contributed by atoms with E-state index in [1.54, 1.807) is 4.90 Å². The van der Waals surface area contributed by atoms with Gasteiger partial charge in [0.25, 0.3) is 5.91 Å². The largest absolute Gasteiger partial charge is 0.351 e. The number of carbonyl (C=O) groups excluding carboxylic acids is 1. The fourth-order valence-electron chi connectivity index (χ4n) is 1.09. The number of nitrogens with zero attached hydrogens (tertiary/aromatic N) is 1. The Morgan fingerprint density at radius 1 is 1.45 bits per heavy atom. The molecule has 1 atom stereocenters. The Balaban J connectivity index is 2.52. The molecule has 64 valence electrons. The summed E-state index contributed by atoms with van der Waals surface area (Å²) in [6.07, 6.45) is 0. The molecule has 1 fully saturated rings. The van der Waals surface area contributed by atoms with E-state index in [9.17, 15) is 4.79 Å². The summed E-state index contributed by atoms with van der Waals surface area (Å²) < 4.78 is 5.02. The maximum Gasteiger partial charge on any atom is 0.250 e. The third kappa shape index (κ3) is 1.71. The van der Waals surface area contributed by atoms with Crippen LogP contribution in [-0.4, -0.2) is 30.2 Å². The first-order valence-electron chi connectivity index (χ1n) is 4.00. The molecule has 1 saturated heterocycles. The van der Waals surface area contributed by atoms with E-state index in [1.807, 2.05) is 0 Å². The molecule has 0 bridgehead atoms. The van der Waals surface area contributed by atoms with Crippen LogP contribution in [0.2, 0.25) is 0 Å². The van der Waals surface area contributed by atoms with E-state index in [4.69, 9.17) is 4.74 Å². The van der Waals surface area contributed by atoms with Crippen LogP contribution in [0, 0.1) is 5.92 Å². The van der Waals surface area contributed by atoms with Gasteiger partial charge in [0.1, 0.15) is 13.3 Å². The predicted molar refractivity (Wildman–Crippen MR) is 42.0 cm³/mol. The smallest absolute Gasteiger partial charge is 0.250 e. The molecule has 1 heterocycles. The van der Waals surface area contributed by atoms with E-state index in [-0.39, 0.29) is 12.5 Å². The summed E-state index contributed by atoms with van der Waals surface area (Å²) in [5.41, 5.74) is 0. The molecule has 3 nitrogen and oxygen atoms in total. The second kappa shape index (κ2) is 3.22. The van der Waals surface area contributed by atoms with Gasteiger partial charge in [0, 0.05) is 6.04 Å². The molecule has 3 heteroatoms. The van der Waals surface area contributed by atoms with Crippen molar-refractivity contribution in [2.75, 3.05) is 13.3 Å². The fraction of sp³-hybridized carbons (Fsp3) is 0.875. The van der Waals surface area contributed by atoms with E-state index in [0.717, 1.165) is 0 Å². The van der Waals surface area contributed by atoms with Crippen molar-refractivity contribution in [2.45, 2.75) is 26.8 Å². The Hall–Kier alpha value is -0.570. The van der Waals surface area contributed by atoms with Crippen LogP contribution in [0.25, 0.3) is 0 Å². The monoisotopic (exact) mass is 157 g/mol.